The molecular weight excluding hydrogens is 679 g/mol. The summed E-state index contributed by atoms with van der Waals surface area (Å²) < 4.78 is 191. The van der Waals surface area contributed by atoms with Crippen molar-refractivity contribution in [1.82, 2.24) is 0 Å². The Balaban J connectivity index is 5.27. The van der Waals surface area contributed by atoms with Crippen LogP contribution in [0.4, 0.5) is 57.1 Å². The van der Waals surface area contributed by atoms with Gasteiger partial charge >= 0.3 is 56.3 Å². The molecule has 0 fully saturated rings. The number of esters is 2. The van der Waals surface area contributed by atoms with E-state index in [-0.39, 0.29) is 25.2 Å². The van der Waals surface area contributed by atoms with Crippen molar-refractivity contribution in [2.24, 2.45) is 0 Å². The number of rotatable bonds is 16. The predicted molar refractivity (Wildman–Crippen MR) is 132 cm³/mol. The molecular formula is C21H31F13O6Si3. The summed E-state index contributed by atoms with van der Waals surface area (Å²) >= 11 is 0. The van der Waals surface area contributed by atoms with Gasteiger partial charge in [0.05, 0.1) is 6.61 Å². The van der Waals surface area contributed by atoms with Crippen LogP contribution >= 0.6 is 0 Å². The second-order valence-electron chi connectivity index (χ2n) is 11.3. The molecule has 0 aromatic rings. The first-order chi connectivity index (χ1) is 18.7. The predicted octanol–water partition coefficient (Wildman–Crippen LogP) is 7.53. The molecule has 0 aliphatic rings. The molecule has 0 amide bonds. The summed E-state index contributed by atoms with van der Waals surface area (Å²) in [5.41, 5.74) is 0. The van der Waals surface area contributed by atoms with E-state index in [1.165, 1.54) is 0 Å². The zero-order valence-corrected chi connectivity index (χ0v) is 26.8. The standard InChI is InChI=1S/C21H31F13O6Si3/c1-41(2,3)39-43(7,40-42(4,5)6)12-8-11-37-14(35)9-10-15(36)38-13-16(22,23)17(24,25)18(26,27)19(28,29)20(30,31)21(32,33)34/h9-10H,8,11-13H2,1-7H3/b10-9+. The highest BCUT2D eigenvalue weighted by Crippen LogP contribution is 2.60. The van der Waals surface area contributed by atoms with E-state index in [1.54, 1.807) is 0 Å². The minimum Gasteiger partial charge on any atom is -0.463 e. The fourth-order valence-corrected chi connectivity index (χ4v) is 15.8. The van der Waals surface area contributed by atoms with Gasteiger partial charge in [0.1, 0.15) is 0 Å². The zero-order valence-electron chi connectivity index (χ0n) is 23.8. The van der Waals surface area contributed by atoms with E-state index < -0.39 is 79.5 Å². The summed E-state index contributed by atoms with van der Waals surface area (Å²) in [6.45, 7) is 10.1. The molecule has 0 radical (unpaired) electrons. The first kappa shape index (κ1) is 41.3. The van der Waals surface area contributed by atoms with E-state index in [0.717, 1.165) is 0 Å². The first-order valence-electron chi connectivity index (χ1n) is 12.0. The van der Waals surface area contributed by atoms with Crippen LogP contribution in [0.1, 0.15) is 6.42 Å². The maximum absolute atomic E-state index is 13.7. The largest absolute Gasteiger partial charge is 0.463 e. The molecule has 0 saturated heterocycles. The number of carbonyl (C=O) groups excluding carboxylic acids is 2. The summed E-state index contributed by atoms with van der Waals surface area (Å²) in [7, 11) is -6.78. The quantitative estimate of drug-likeness (QED) is 0.0543. The monoisotopic (exact) mass is 710 g/mol. The fraction of sp³-hybridized carbons (Fsp3) is 0.810. The average Bonchev–Trinajstić information content (AvgIpc) is 2.75. The lowest BCUT2D eigenvalue weighted by molar-refractivity contribution is -0.441. The highest BCUT2D eigenvalue weighted by atomic mass is 28.5. The lowest BCUT2D eigenvalue weighted by atomic mass is 9.94. The van der Waals surface area contributed by atoms with E-state index in [2.05, 4.69) is 4.74 Å². The highest BCUT2D eigenvalue weighted by Gasteiger charge is 2.90. The van der Waals surface area contributed by atoms with Gasteiger partial charge in [0, 0.05) is 12.2 Å². The Morgan fingerprint density at radius 1 is 0.581 bits per heavy atom. The molecule has 6 nitrogen and oxygen atoms in total. The van der Waals surface area contributed by atoms with Crippen LogP contribution in [0.2, 0.25) is 51.9 Å². The summed E-state index contributed by atoms with van der Waals surface area (Å²) in [4.78, 5) is 23.2. The van der Waals surface area contributed by atoms with Crippen LogP contribution in [0.15, 0.2) is 12.2 Å². The second-order valence-corrected chi connectivity index (χ2v) is 24.1. The molecule has 0 heterocycles. The molecule has 0 aliphatic heterocycles. The van der Waals surface area contributed by atoms with Gasteiger partial charge in [-0.2, -0.15) is 57.1 Å². The van der Waals surface area contributed by atoms with E-state index in [1.807, 2.05) is 45.8 Å². The lowest BCUT2D eigenvalue weighted by Gasteiger charge is -2.39. The third-order valence-electron chi connectivity index (χ3n) is 4.81. The maximum Gasteiger partial charge on any atom is 0.460 e. The van der Waals surface area contributed by atoms with E-state index in [9.17, 15) is 66.7 Å². The number of halogens is 13. The van der Waals surface area contributed by atoms with Crippen molar-refractivity contribution in [3.05, 3.63) is 12.2 Å². The molecule has 0 unspecified atom stereocenters. The van der Waals surface area contributed by atoms with Crippen molar-refractivity contribution < 1.29 is 84.4 Å². The van der Waals surface area contributed by atoms with Crippen molar-refractivity contribution >= 4 is 37.1 Å². The molecule has 0 bridgehead atoms. The Kier molecular flexibility index (Phi) is 12.9. The number of alkyl halides is 13. The van der Waals surface area contributed by atoms with Gasteiger partial charge in [-0.05, 0) is 58.3 Å². The van der Waals surface area contributed by atoms with Crippen LogP contribution in [0.25, 0.3) is 0 Å². The summed E-state index contributed by atoms with van der Waals surface area (Å²) in [6.07, 6.45) is -7.10. The summed E-state index contributed by atoms with van der Waals surface area (Å²) in [5.74, 6) is -41.6. The van der Waals surface area contributed by atoms with Gasteiger partial charge in [0.15, 0.2) is 23.2 Å². The summed E-state index contributed by atoms with van der Waals surface area (Å²) in [6, 6.07) is 0.377. The van der Waals surface area contributed by atoms with Crippen LogP contribution in [0, 0.1) is 0 Å². The van der Waals surface area contributed by atoms with Crippen LogP contribution in [0.3, 0.4) is 0 Å². The second kappa shape index (κ2) is 13.4. The molecule has 254 valence electrons. The Labute approximate surface area is 241 Å². The van der Waals surface area contributed by atoms with Gasteiger partial charge < -0.3 is 17.7 Å². The third-order valence-corrected chi connectivity index (χ3v) is 14.4. The van der Waals surface area contributed by atoms with Crippen LogP contribution in [-0.2, 0) is 27.3 Å². The zero-order chi connectivity index (χ0) is 34.7. The van der Waals surface area contributed by atoms with Gasteiger partial charge in [-0.25, -0.2) is 9.59 Å². The SMILES string of the molecule is C[Si](C)(C)O[Si](C)(CCCOC(=O)/C=C/C(=O)OCC(F)(F)C(F)(F)C(F)(F)C(F)(F)C(F)(F)C(F)(F)F)O[Si](C)(C)C. The Morgan fingerprint density at radius 3 is 1.33 bits per heavy atom. The molecule has 0 spiro atoms. The minimum atomic E-state index is -8.07. The minimum absolute atomic E-state index is 0.0113. The van der Waals surface area contributed by atoms with Gasteiger partial charge in [0.25, 0.3) is 0 Å². The van der Waals surface area contributed by atoms with Crippen LogP contribution < -0.4 is 0 Å². The van der Waals surface area contributed by atoms with Gasteiger partial charge in [-0.1, -0.05) is 0 Å². The van der Waals surface area contributed by atoms with E-state index in [0.29, 0.717) is 6.04 Å². The van der Waals surface area contributed by atoms with Crippen molar-refractivity contribution in [3.8, 4) is 0 Å². The molecule has 0 rings (SSSR count). The van der Waals surface area contributed by atoms with Gasteiger partial charge in [-0.15, -0.1) is 0 Å². The normalized spacial score (nSPS) is 15.2. The van der Waals surface area contributed by atoms with Gasteiger partial charge in [0.2, 0.25) is 0 Å². The Morgan fingerprint density at radius 2 is 0.953 bits per heavy atom. The van der Waals surface area contributed by atoms with Crippen molar-refractivity contribution in [3.63, 3.8) is 0 Å². The first-order valence-corrected chi connectivity index (χ1v) is 21.4. The number of hydrogen-bond acceptors (Lipinski definition) is 6. The molecule has 0 N–H and O–H groups in total. The van der Waals surface area contributed by atoms with Crippen LogP contribution in [0.5, 0.6) is 0 Å². The molecule has 0 aromatic carbocycles. The lowest BCUT2D eigenvalue weighted by Crippen LogP contribution is -2.70. The number of carbonyl (C=O) groups is 2. The molecule has 0 aliphatic carbocycles. The smallest absolute Gasteiger partial charge is 0.460 e. The molecule has 0 atom stereocenters. The molecule has 43 heavy (non-hydrogen) atoms. The average molecular weight is 711 g/mol. The molecule has 0 saturated carbocycles. The van der Waals surface area contributed by atoms with Crippen molar-refractivity contribution in [1.29, 1.82) is 0 Å². The fourth-order valence-electron chi connectivity index (χ4n) is 3.27. The van der Waals surface area contributed by atoms with Gasteiger partial charge in [-0.3, -0.25) is 0 Å². The Bertz CT molecular complexity index is 990. The Hall–Kier alpha value is -1.66. The highest BCUT2D eigenvalue weighted by molar-refractivity contribution is 6.87. The number of hydrogen-bond donors (Lipinski definition) is 0. The molecule has 0 aromatic heterocycles. The third kappa shape index (κ3) is 10.7. The van der Waals surface area contributed by atoms with E-state index in [4.69, 9.17) is 13.0 Å². The maximum atomic E-state index is 13.7. The molecule has 22 heteroatoms. The van der Waals surface area contributed by atoms with E-state index >= 15 is 0 Å². The summed E-state index contributed by atoms with van der Waals surface area (Å²) in [5, 5.41) is 0. The van der Waals surface area contributed by atoms with Crippen LogP contribution in [-0.4, -0.2) is 86.1 Å². The van der Waals surface area contributed by atoms with Crippen molar-refractivity contribution in [2.75, 3.05) is 13.2 Å². The topological polar surface area (TPSA) is 71.1 Å². The number of ether oxygens (including phenoxy) is 2. The van der Waals surface area contributed by atoms with Crippen molar-refractivity contribution in [2.45, 2.75) is 94.1 Å².